The Morgan fingerprint density at radius 2 is 1.95 bits per heavy atom. The minimum Gasteiger partial charge on any atom is -0.269 e. The van der Waals surface area contributed by atoms with Crippen molar-refractivity contribution in [3.05, 3.63) is 41.6 Å². The molecule has 0 bridgehead atoms. The maximum Gasteiger partial charge on any atom is 0.132 e. The highest BCUT2D eigenvalue weighted by Gasteiger charge is 2.43. The lowest BCUT2D eigenvalue weighted by Gasteiger charge is -2.48. The number of benzene rings is 1. The van der Waals surface area contributed by atoms with Gasteiger partial charge in [0.1, 0.15) is 11.6 Å². The van der Waals surface area contributed by atoms with Crippen LogP contribution in [0, 0.1) is 29.9 Å². The molecule has 2 nitrogen and oxygen atoms in total. The van der Waals surface area contributed by atoms with Crippen LogP contribution in [0.3, 0.4) is 0 Å². The maximum atomic E-state index is 14.0. The average Bonchev–Trinajstić information content (AvgIpc) is 2.79. The molecule has 1 aliphatic carbocycles. The third kappa shape index (κ3) is 2.44. The fourth-order valence-corrected chi connectivity index (χ4v) is 3.29. The van der Waals surface area contributed by atoms with Crippen LogP contribution in [0.2, 0.25) is 0 Å². The Morgan fingerprint density at radius 3 is 2.59 bits per heavy atom. The first-order valence-corrected chi connectivity index (χ1v) is 7.81. The molecule has 1 aromatic carbocycles. The second-order valence-corrected chi connectivity index (χ2v) is 7.14. The standard InChI is InChI=1S/C18H22F2N2/c1-11(2)18(4)8-14(9-18)22-10-12(3)17(21-22)15-7-13(19)5-6-16(15)20/h5-7,10-11,14H,8-9H2,1-4H3. The van der Waals surface area contributed by atoms with E-state index in [0.717, 1.165) is 30.5 Å². The summed E-state index contributed by atoms with van der Waals surface area (Å²) in [5.74, 6) is -0.239. The van der Waals surface area contributed by atoms with Crippen molar-refractivity contribution < 1.29 is 8.78 Å². The van der Waals surface area contributed by atoms with E-state index < -0.39 is 11.6 Å². The predicted octanol–water partition coefficient (Wildman–Crippen LogP) is 5.13. The highest BCUT2D eigenvalue weighted by atomic mass is 19.1. The van der Waals surface area contributed by atoms with E-state index in [9.17, 15) is 8.78 Å². The van der Waals surface area contributed by atoms with Gasteiger partial charge >= 0.3 is 0 Å². The Morgan fingerprint density at radius 1 is 1.27 bits per heavy atom. The van der Waals surface area contributed by atoms with Gasteiger partial charge in [0.05, 0.1) is 11.7 Å². The molecule has 2 aromatic rings. The van der Waals surface area contributed by atoms with Crippen LogP contribution in [0.1, 0.15) is 45.2 Å². The number of hydrogen-bond acceptors (Lipinski definition) is 1. The highest BCUT2D eigenvalue weighted by Crippen LogP contribution is 2.52. The van der Waals surface area contributed by atoms with Crippen molar-refractivity contribution in [1.82, 2.24) is 9.78 Å². The van der Waals surface area contributed by atoms with Crippen molar-refractivity contribution in [1.29, 1.82) is 0 Å². The van der Waals surface area contributed by atoms with E-state index in [4.69, 9.17) is 0 Å². The van der Waals surface area contributed by atoms with Gasteiger partial charge in [0.15, 0.2) is 0 Å². The fourth-order valence-electron chi connectivity index (χ4n) is 3.29. The summed E-state index contributed by atoms with van der Waals surface area (Å²) in [7, 11) is 0. The fraction of sp³-hybridized carbons (Fsp3) is 0.500. The van der Waals surface area contributed by atoms with Gasteiger partial charge in [-0.15, -0.1) is 0 Å². The molecule has 0 atom stereocenters. The van der Waals surface area contributed by atoms with E-state index in [2.05, 4.69) is 25.9 Å². The first-order chi connectivity index (χ1) is 10.3. The molecule has 118 valence electrons. The van der Waals surface area contributed by atoms with Gasteiger partial charge in [0, 0.05) is 11.8 Å². The molecule has 0 unspecified atom stereocenters. The Balaban J connectivity index is 1.88. The minimum atomic E-state index is -0.443. The molecule has 4 heteroatoms. The molecule has 0 N–H and O–H groups in total. The van der Waals surface area contributed by atoms with E-state index in [1.807, 2.05) is 17.8 Å². The monoisotopic (exact) mass is 304 g/mol. The molecule has 1 fully saturated rings. The quantitative estimate of drug-likeness (QED) is 0.768. The van der Waals surface area contributed by atoms with E-state index in [1.54, 1.807) is 0 Å². The van der Waals surface area contributed by atoms with Gasteiger partial charge in [0.2, 0.25) is 0 Å². The number of rotatable bonds is 3. The van der Waals surface area contributed by atoms with Crippen molar-refractivity contribution in [2.45, 2.75) is 46.6 Å². The summed E-state index contributed by atoms with van der Waals surface area (Å²) in [6.07, 6.45) is 4.11. The molecule has 0 saturated heterocycles. The van der Waals surface area contributed by atoms with Gasteiger partial charge in [-0.2, -0.15) is 5.10 Å². The van der Waals surface area contributed by atoms with Crippen molar-refractivity contribution in [2.75, 3.05) is 0 Å². The zero-order valence-corrected chi connectivity index (χ0v) is 13.5. The number of aryl methyl sites for hydroxylation is 1. The Bertz CT molecular complexity index is 697. The van der Waals surface area contributed by atoms with Gasteiger partial charge in [-0.3, -0.25) is 4.68 Å². The molecule has 1 heterocycles. The van der Waals surface area contributed by atoms with Crippen molar-refractivity contribution >= 4 is 0 Å². The molecular formula is C18H22F2N2. The Labute approximate surface area is 130 Å². The van der Waals surface area contributed by atoms with E-state index in [-0.39, 0.29) is 5.56 Å². The molecule has 0 radical (unpaired) electrons. The zero-order chi connectivity index (χ0) is 16.1. The third-order valence-corrected chi connectivity index (χ3v) is 5.27. The average molecular weight is 304 g/mol. The van der Waals surface area contributed by atoms with Crippen LogP contribution in [0.25, 0.3) is 11.3 Å². The predicted molar refractivity (Wildman–Crippen MR) is 83.5 cm³/mol. The van der Waals surface area contributed by atoms with Crippen LogP contribution in [-0.4, -0.2) is 9.78 Å². The Hall–Kier alpha value is -1.71. The molecular weight excluding hydrogens is 282 g/mol. The second kappa shape index (κ2) is 5.18. The summed E-state index contributed by atoms with van der Waals surface area (Å²) in [5, 5.41) is 4.54. The number of nitrogens with zero attached hydrogens (tertiary/aromatic N) is 2. The molecule has 1 saturated carbocycles. The first kappa shape index (κ1) is 15.2. The lowest BCUT2D eigenvalue weighted by molar-refractivity contribution is 0.0267. The van der Waals surface area contributed by atoms with E-state index in [0.29, 0.717) is 23.1 Å². The van der Waals surface area contributed by atoms with Gasteiger partial charge in [-0.05, 0) is 54.9 Å². The van der Waals surface area contributed by atoms with Gasteiger partial charge in [-0.25, -0.2) is 8.78 Å². The van der Waals surface area contributed by atoms with E-state index >= 15 is 0 Å². The van der Waals surface area contributed by atoms with E-state index in [1.165, 1.54) is 6.07 Å². The van der Waals surface area contributed by atoms with Crippen LogP contribution in [-0.2, 0) is 0 Å². The van der Waals surface area contributed by atoms with Crippen molar-refractivity contribution in [2.24, 2.45) is 11.3 Å². The Kier molecular flexibility index (Phi) is 3.58. The largest absolute Gasteiger partial charge is 0.269 e. The second-order valence-electron chi connectivity index (χ2n) is 7.14. The summed E-state index contributed by atoms with van der Waals surface area (Å²) in [6, 6.07) is 3.86. The zero-order valence-electron chi connectivity index (χ0n) is 13.5. The molecule has 1 aliphatic rings. The molecule has 22 heavy (non-hydrogen) atoms. The van der Waals surface area contributed by atoms with Crippen LogP contribution in [0.4, 0.5) is 8.78 Å². The summed E-state index contributed by atoms with van der Waals surface area (Å²) in [4.78, 5) is 0. The topological polar surface area (TPSA) is 17.8 Å². The first-order valence-electron chi connectivity index (χ1n) is 7.81. The highest BCUT2D eigenvalue weighted by molar-refractivity contribution is 5.63. The number of aromatic nitrogens is 2. The molecule has 0 spiro atoms. The van der Waals surface area contributed by atoms with Crippen molar-refractivity contribution in [3.63, 3.8) is 0 Å². The number of halogens is 2. The van der Waals surface area contributed by atoms with Crippen LogP contribution < -0.4 is 0 Å². The minimum absolute atomic E-state index is 0.238. The summed E-state index contributed by atoms with van der Waals surface area (Å²) in [5.41, 5.74) is 2.01. The summed E-state index contributed by atoms with van der Waals surface area (Å²) < 4.78 is 29.3. The molecule has 1 aromatic heterocycles. The lowest BCUT2D eigenvalue weighted by Crippen LogP contribution is -2.40. The molecule has 0 aliphatic heterocycles. The van der Waals surface area contributed by atoms with Crippen LogP contribution >= 0.6 is 0 Å². The van der Waals surface area contributed by atoms with Crippen molar-refractivity contribution in [3.8, 4) is 11.3 Å². The SMILES string of the molecule is Cc1cn(C2CC(C)(C(C)C)C2)nc1-c1cc(F)ccc1F. The van der Waals surface area contributed by atoms with Gasteiger partial charge < -0.3 is 0 Å². The van der Waals surface area contributed by atoms with Crippen LogP contribution in [0.15, 0.2) is 24.4 Å². The maximum absolute atomic E-state index is 14.0. The smallest absolute Gasteiger partial charge is 0.132 e. The number of hydrogen-bond donors (Lipinski definition) is 0. The van der Waals surface area contributed by atoms with Crippen LogP contribution in [0.5, 0.6) is 0 Å². The molecule has 0 amide bonds. The summed E-state index contributed by atoms with van der Waals surface area (Å²) >= 11 is 0. The lowest BCUT2D eigenvalue weighted by atomic mass is 9.61. The summed E-state index contributed by atoms with van der Waals surface area (Å²) in [6.45, 7) is 8.69. The molecule has 3 rings (SSSR count). The normalized spacial score (nSPS) is 24.6. The van der Waals surface area contributed by atoms with Gasteiger partial charge in [0.25, 0.3) is 0 Å². The third-order valence-electron chi connectivity index (χ3n) is 5.27. The van der Waals surface area contributed by atoms with Gasteiger partial charge in [-0.1, -0.05) is 20.8 Å².